The van der Waals surface area contributed by atoms with Crippen molar-refractivity contribution in [2.45, 2.75) is 46.1 Å². The van der Waals surface area contributed by atoms with Gasteiger partial charge in [-0.1, -0.05) is 32.4 Å². The summed E-state index contributed by atoms with van der Waals surface area (Å²) in [5.74, 6) is 0. The fourth-order valence-electron chi connectivity index (χ4n) is 1.85. The van der Waals surface area contributed by atoms with Crippen LogP contribution in [0.25, 0.3) is 0 Å². The Morgan fingerprint density at radius 2 is 1.81 bits per heavy atom. The summed E-state index contributed by atoms with van der Waals surface area (Å²) >= 11 is 5.83. The molecule has 0 saturated carbocycles. The molecule has 0 aliphatic carbocycles. The van der Waals surface area contributed by atoms with E-state index in [2.05, 4.69) is 4.98 Å². The van der Waals surface area contributed by atoms with Gasteiger partial charge in [0.25, 0.3) is 5.56 Å². The summed E-state index contributed by atoms with van der Waals surface area (Å²) < 4.78 is 1.28. The summed E-state index contributed by atoms with van der Waals surface area (Å²) in [5.41, 5.74) is -0.195. The number of aromatic amines is 1. The van der Waals surface area contributed by atoms with Crippen molar-refractivity contribution in [2.75, 3.05) is 0 Å². The normalized spacial score (nSPS) is 11.1. The van der Waals surface area contributed by atoms with Crippen LogP contribution in [-0.4, -0.2) is 9.55 Å². The molecule has 0 unspecified atom stereocenters. The van der Waals surface area contributed by atoms with E-state index in [0.29, 0.717) is 12.0 Å². The number of hydrogen-bond donors (Lipinski definition) is 1. The molecular weight excluding hydrogens is 228 g/mol. The predicted molar refractivity (Wildman–Crippen MR) is 65.3 cm³/mol. The molecule has 1 aromatic rings. The summed E-state index contributed by atoms with van der Waals surface area (Å²) in [7, 11) is 0. The highest BCUT2D eigenvalue weighted by molar-refractivity contribution is 6.30. The monoisotopic (exact) mass is 244 g/mol. The predicted octanol–water partition coefficient (Wildman–Crippen LogP) is 2.11. The Labute approximate surface area is 99.3 Å². The van der Waals surface area contributed by atoms with Crippen molar-refractivity contribution >= 4 is 11.6 Å². The molecule has 0 amide bonds. The third kappa shape index (κ3) is 2.21. The van der Waals surface area contributed by atoms with Gasteiger partial charge in [-0.15, -0.1) is 0 Å². The first-order valence-electron chi connectivity index (χ1n) is 5.59. The lowest BCUT2D eigenvalue weighted by atomic mass is 10.1. The van der Waals surface area contributed by atoms with Crippen LogP contribution in [0.1, 0.15) is 45.2 Å². The number of halogens is 1. The standard InChI is InChI=1S/C11H17ClN2O2/c1-4-7(5-2)14-10(15)8(6-3)9(12)13-11(14)16/h7H,4-6H2,1-3H3,(H,13,16). The summed E-state index contributed by atoms with van der Waals surface area (Å²) in [5, 5.41) is 0.166. The lowest BCUT2D eigenvalue weighted by Crippen LogP contribution is -2.39. The maximum Gasteiger partial charge on any atom is 0.329 e. The Hall–Kier alpha value is -1.03. The van der Waals surface area contributed by atoms with Crippen LogP contribution in [0.5, 0.6) is 0 Å². The molecule has 0 bridgehead atoms. The van der Waals surface area contributed by atoms with E-state index in [1.165, 1.54) is 4.57 Å². The van der Waals surface area contributed by atoms with Gasteiger partial charge in [0.2, 0.25) is 0 Å². The summed E-state index contributed by atoms with van der Waals surface area (Å²) in [6, 6.07) is -0.0567. The van der Waals surface area contributed by atoms with Crippen LogP contribution in [0.2, 0.25) is 5.15 Å². The highest BCUT2D eigenvalue weighted by Gasteiger charge is 2.16. The molecule has 1 N–H and O–H groups in total. The maximum atomic E-state index is 12.1. The molecule has 90 valence electrons. The van der Waals surface area contributed by atoms with Crippen molar-refractivity contribution in [1.29, 1.82) is 0 Å². The van der Waals surface area contributed by atoms with E-state index in [4.69, 9.17) is 11.6 Å². The number of nitrogens with zero attached hydrogens (tertiary/aromatic N) is 1. The van der Waals surface area contributed by atoms with E-state index in [1.807, 2.05) is 20.8 Å². The van der Waals surface area contributed by atoms with Crippen LogP contribution in [0.15, 0.2) is 9.59 Å². The van der Waals surface area contributed by atoms with Gasteiger partial charge in [-0.25, -0.2) is 4.79 Å². The molecule has 0 aliphatic heterocycles. The van der Waals surface area contributed by atoms with Crippen LogP contribution in [0, 0.1) is 0 Å². The lowest BCUT2D eigenvalue weighted by molar-refractivity contribution is 0.436. The number of nitrogens with one attached hydrogen (secondary N) is 1. The lowest BCUT2D eigenvalue weighted by Gasteiger charge is -2.16. The van der Waals surface area contributed by atoms with Crippen molar-refractivity contribution in [3.8, 4) is 0 Å². The average molecular weight is 245 g/mol. The van der Waals surface area contributed by atoms with Crippen molar-refractivity contribution in [3.05, 3.63) is 31.6 Å². The molecular formula is C11H17ClN2O2. The van der Waals surface area contributed by atoms with E-state index in [9.17, 15) is 9.59 Å². The molecule has 4 nitrogen and oxygen atoms in total. The van der Waals surface area contributed by atoms with Crippen LogP contribution >= 0.6 is 11.6 Å². The molecule has 1 aromatic heterocycles. The van der Waals surface area contributed by atoms with Gasteiger partial charge < -0.3 is 0 Å². The second-order valence-electron chi connectivity index (χ2n) is 3.72. The van der Waals surface area contributed by atoms with Gasteiger partial charge in [0.05, 0.1) is 5.56 Å². The Morgan fingerprint density at radius 1 is 1.25 bits per heavy atom. The molecule has 1 rings (SSSR count). The highest BCUT2D eigenvalue weighted by Crippen LogP contribution is 2.13. The molecule has 0 spiro atoms. The van der Waals surface area contributed by atoms with Gasteiger partial charge in [-0.05, 0) is 19.3 Å². The van der Waals surface area contributed by atoms with E-state index < -0.39 is 5.69 Å². The Morgan fingerprint density at radius 3 is 2.25 bits per heavy atom. The number of aromatic nitrogens is 2. The Kier molecular flexibility index (Phi) is 4.35. The molecule has 16 heavy (non-hydrogen) atoms. The smallest absolute Gasteiger partial charge is 0.297 e. The minimum absolute atomic E-state index is 0.0567. The van der Waals surface area contributed by atoms with Gasteiger partial charge in [0, 0.05) is 6.04 Å². The number of rotatable bonds is 4. The first-order chi connectivity index (χ1) is 7.56. The third-order valence-electron chi connectivity index (χ3n) is 2.84. The second kappa shape index (κ2) is 5.34. The van der Waals surface area contributed by atoms with Gasteiger partial charge in [-0.2, -0.15) is 0 Å². The fourth-order valence-corrected chi connectivity index (χ4v) is 2.15. The van der Waals surface area contributed by atoms with Crippen molar-refractivity contribution < 1.29 is 0 Å². The molecule has 0 saturated heterocycles. The number of hydrogen-bond acceptors (Lipinski definition) is 2. The largest absolute Gasteiger partial charge is 0.329 e. The van der Waals surface area contributed by atoms with Crippen molar-refractivity contribution in [3.63, 3.8) is 0 Å². The minimum atomic E-state index is -0.416. The highest BCUT2D eigenvalue weighted by atomic mass is 35.5. The SMILES string of the molecule is CCc1c(Cl)[nH]c(=O)n(C(CC)CC)c1=O. The summed E-state index contributed by atoms with van der Waals surface area (Å²) in [6.45, 7) is 5.76. The maximum absolute atomic E-state index is 12.1. The molecule has 0 aromatic carbocycles. The molecule has 1 heterocycles. The van der Waals surface area contributed by atoms with E-state index in [1.54, 1.807) is 0 Å². The van der Waals surface area contributed by atoms with Crippen LogP contribution < -0.4 is 11.2 Å². The summed E-state index contributed by atoms with van der Waals surface area (Å²) in [4.78, 5) is 26.3. The van der Waals surface area contributed by atoms with E-state index in [0.717, 1.165) is 12.8 Å². The Balaban J connectivity index is 3.51. The fraction of sp³-hybridized carbons (Fsp3) is 0.636. The Bertz CT molecular complexity index is 472. The summed E-state index contributed by atoms with van der Waals surface area (Å²) in [6.07, 6.45) is 2.03. The molecule has 0 atom stereocenters. The first-order valence-corrected chi connectivity index (χ1v) is 5.97. The van der Waals surface area contributed by atoms with Gasteiger partial charge in [0.1, 0.15) is 5.15 Å². The first kappa shape index (κ1) is 13.0. The minimum Gasteiger partial charge on any atom is -0.297 e. The van der Waals surface area contributed by atoms with E-state index >= 15 is 0 Å². The topological polar surface area (TPSA) is 54.9 Å². The zero-order chi connectivity index (χ0) is 12.3. The third-order valence-corrected chi connectivity index (χ3v) is 3.16. The molecule has 0 fully saturated rings. The average Bonchev–Trinajstić information content (AvgIpc) is 2.24. The quantitative estimate of drug-likeness (QED) is 0.825. The molecule has 0 radical (unpaired) electrons. The zero-order valence-electron chi connectivity index (χ0n) is 9.84. The zero-order valence-corrected chi connectivity index (χ0v) is 10.6. The van der Waals surface area contributed by atoms with Crippen LogP contribution in [0.4, 0.5) is 0 Å². The number of H-pyrrole nitrogens is 1. The van der Waals surface area contributed by atoms with E-state index in [-0.39, 0.29) is 16.8 Å². The molecule has 5 heteroatoms. The van der Waals surface area contributed by atoms with Crippen LogP contribution in [-0.2, 0) is 6.42 Å². The van der Waals surface area contributed by atoms with Gasteiger partial charge in [0.15, 0.2) is 0 Å². The molecule has 0 aliphatic rings. The second-order valence-corrected chi connectivity index (χ2v) is 4.10. The van der Waals surface area contributed by atoms with Crippen molar-refractivity contribution in [2.24, 2.45) is 0 Å². The van der Waals surface area contributed by atoms with Crippen molar-refractivity contribution in [1.82, 2.24) is 9.55 Å². The van der Waals surface area contributed by atoms with Crippen LogP contribution in [0.3, 0.4) is 0 Å². The van der Waals surface area contributed by atoms with Gasteiger partial charge in [-0.3, -0.25) is 14.3 Å². The van der Waals surface area contributed by atoms with Gasteiger partial charge >= 0.3 is 5.69 Å².